The molecule has 0 aromatic heterocycles. The number of ether oxygens (including phenoxy) is 1. The van der Waals surface area contributed by atoms with Gasteiger partial charge in [-0.1, -0.05) is 42.5 Å². The first-order valence-electron chi connectivity index (χ1n) is 9.39. The van der Waals surface area contributed by atoms with Crippen LogP contribution in [0.1, 0.15) is 31.9 Å². The molecule has 0 fully saturated rings. The van der Waals surface area contributed by atoms with Crippen molar-refractivity contribution < 1.29 is 19.1 Å². The van der Waals surface area contributed by atoms with Crippen LogP contribution in [-0.2, 0) is 20.9 Å². The Morgan fingerprint density at radius 1 is 1.03 bits per heavy atom. The van der Waals surface area contributed by atoms with E-state index >= 15 is 0 Å². The number of benzene rings is 2. The van der Waals surface area contributed by atoms with E-state index in [0.29, 0.717) is 23.4 Å². The van der Waals surface area contributed by atoms with E-state index in [0.717, 1.165) is 5.56 Å². The SMILES string of the molecule is CC(C)(C)OC(=O)Nc1ccc(C2=CC(=O)CN(Cc3ccccc3)C2=O)cc1. The van der Waals surface area contributed by atoms with Crippen LogP contribution in [0, 0.1) is 0 Å². The van der Waals surface area contributed by atoms with Crippen molar-refractivity contribution in [3.63, 3.8) is 0 Å². The molecule has 0 bridgehead atoms. The van der Waals surface area contributed by atoms with Gasteiger partial charge < -0.3 is 9.64 Å². The number of ketones is 1. The van der Waals surface area contributed by atoms with E-state index in [1.54, 1.807) is 49.9 Å². The standard InChI is InChI=1S/C23H24N2O4/c1-23(2,3)29-22(28)24-18-11-9-17(10-12-18)20-13-19(26)15-25(21(20)27)14-16-7-5-4-6-8-16/h4-13H,14-15H2,1-3H3,(H,24,28). The van der Waals surface area contributed by atoms with Crippen molar-refractivity contribution in [3.05, 3.63) is 71.8 Å². The minimum atomic E-state index is -0.591. The van der Waals surface area contributed by atoms with E-state index in [1.807, 2.05) is 30.3 Å². The number of hydrogen-bond donors (Lipinski definition) is 1. The highest BCUT2D eigenvalue weighted by molar-refractivity contribution is 6.27. The fourth-order valence-electron chi connectivity index (χ4n) is 2.99. The van der Waals surface area contributed by atoms with Crippen LogP contribution in [0.15, 0.2) is 60.7 Å². The molecule has 1 aliphatic rings. The number of carbonyl (C=O) groups is 3. The van der Waals surface area contributed by atoms with Gasteiger partial charge in [0.2, 0.25) is 0 Å². The maximum absolute atomic E-state index is 12.9. The highest BCUT2D eigenvalue weighted by atomic mass is 16.6. The molecule has 6 heteroatoms. The molecule has 0 saturated heterocycles. The molecule has 0 spiro atoms. The van der Waals surface area contributed by atoms with Gasteiger partial charge in [-0.15, -0.1) is 0 Å². The lowest BCUT2D eigenvalue weighted by Crippen LogP contribution is -2.38. The van der Waals surface area contributed by atoms with Crippen LogP contribution < -0.4 is 5.32 Å². The minimum Gasteiger partial charge on any atom is -0.444 e. The van der Waals surface area contributed by atoms with Gasteiger partial charge >= 0.3 is 6.09 Å². The monoisotopic (exact) mass is 392 g/mol. The molecule has 2 aromatic rings. The average Bonchev–Trinajstić information content (AvgIpc) is 2.64. The Morgan fingerprint density at radius 3 is 2.31 bits per heavy atom. The first-order valence-corrected chi connectivity index (χ1v) is 9.39. The quantitative estimate of drug-likeness (QED) is 0.852. The number of carbonyl (C=O) groups excluding carboxylic acids is 3. The molecule has 2 amide bonds. The van der Waals surface area contributed by atoms with E-state index in [-0.39, 0.29) is 18.2 Å². The van der Waals surface area contributed by atoms with Crippen LogP contribution >= 0.6 is 0 Å². The minimum absolute atomic E-state index is 0.0650. The summed E-state index contributed by atoms with van der Waals surface area (Å²) < 4.78 is 5.22. The molecular weight excluding hydrogens is 368 g/mol. The van der Waals surface area contributed by atoms with Gasteiger partial charge in [0.05, 0.1) is 12.1 Å². The second-order valence-electron chi connectivity index (χ2n) is 7.88. The largest absolute Gasteiger partial charge is 0.444 e. The van der Waals surface area contributed by atoms with Gasteiger partial charge in [-0.3, -0.25) is 14.9 Å². The van der Waals surface area contributed by atoms with Crippen molar-refractivity contribution in [2.75, 3.05) is 11.9 Å². The van der Waals surface area contributed by atoms with Crippen molar-refractivity contribution >= 4 is 29.0 Å². The van der Waals surface area contributed by atoms with Gasteiger partial charge in [0.15, 0.2) is 5.78 Å². The second-order valence-corrected chi connectivity index (χ2v) is 7.88. The van der Waals surface area contributed by atoms with Crippen molar-refractivity contribution in [2.24, 2.45) is 0 Å². The summed E-state index contributed by atoms with van der Waals surface area (Å²) in [5.41, 5.74) is 1.88. The molecule has 2 aromatic carbocycles. The number of rotatable bonds is 4. The molecule has 3 rings (SSSR count). The first kappa shape index (κ1) is 20.3. The zero-order valence-corrected chi connectivity index (χ0v) is 16.8. The predicted molar refractivity (Wildman–Crippen MR) is 111 cm³/mol. The summed E-state index contributed by atoms with van der Waals surface area (Å²) in [5.74, 6) is -0.312. The smallest absolute Gasteiger partial charge is 0.412 e. The van der Waals surface area contributed by atoms with E-state index in [2.05, 4.69) is 5.32 Å². The summed E-state index contributed by atoms with van der Waals surface area (Å²) in [6, 6.07) is 16.3. The van der Waals surface area contributed by atoms with Crippen molar-refractivity contribution in [1.82, 2.24) is 4.90 Å². The zero-order chi connectivity index (χ0) is 21.0. The van der Waals surface area contributed by atoms with Gasteiger partial charge in [0, 0.05) is 12.2 Å². The van der Waals surface area contributed by atoms with Gasteiger partial charge in [-0.2, -0.15) is 0 Å². The summed E-state index contributed by atoms with van der Waals surface area (Å²) in [7, 11) is 0. The van der Waals surface area contributed by atoms with Crippen LogP contribution in [0.4, 0.5) is 10.5 Å². The fourth-order valence-corrected chi connectivity index (χ4v) is 2.99. The third kappa shape index (κ3) is 5.54. The summed E-state index contributed by atoms with van der Waals surface area (Å²) in [5, 5.41) is 2.65. The number of nitrogens with zero attached hydrogens (tertiary/aromatic N) is 1. The molecule has 0 unspecified atom stereocenters. The van der Waals surface area contributed by atoms with E-state index in [4.69, 9.17) is 4.74 Å². The van der Waals surface area contributed by atoms with Crippen LogP contribution in [0.25, 0.3) is 5.57 Å². The van der Waals surface area contributed by atoms with Gasteiger partial charge in [0.25, 0.3) is 5.91 Å². The summed E-state index contributed by atoms with van der Waals surface area (Å²) in [4.78, 5) is 38.5. The average molecular weight is 392 g/mol. The van der Waals surface area contributed by atoms with Gasteiger partial charge in [-0.05, 0) is 50.1 Å². The van der Waals surface area contributed by atoms with Crippen LogP contribution in [0.2, 0.25) is 0 Å². The molecule has 0 saturated carbocycles. The molecule has 1 aliphatic heterocycles. The molecule has 0 aliphatic carbocycles. The van der Waals surface area contributed by atoms with Crippen LogP contribution in [0.3, 0.4) is 0 Å². The Bertz CT molecular complexity index is 941. The predicted octanol–water partition coefficient (Wildman–Crippen LogP) is 4.03. The number of nitrogens with one attached hydrogen (secondary N) is 1. The normalized spacial score (nSPS) is 14.4. The van der Waals surface area contributed by atoms with Gasteiger partial charge in [0.1, 0.15) is 5.60 Å². The van der Waals surface area contributed by atoms with Crippen molar-refractivity contribution in [1.29, 1.82) is 0 Å². The van der Waals surface area contributed by atoms with Crippen LogP contribution in [-0.4, -0.2) is 34.8 Å². The number of anilines is 1. The third-order valence-corrected chi connectivity index (χ3v) is 4.23. The Balaban J connectivity index is 1.73. The highest BCUT2D eigenvalue weighted by Gasteiger charge is 2.27. The lowest BCUT2D eigenvalue weighted by Gasteiger charge is -2.26. The summed E-state index contributed by atoms with van der Waals surface area (Å²) >= 11 is 0. The number of amides is 2. The third-order valence-electron chi connectivity index (χ3n) is 4.23. The Labute approximate surface area is 170 Å². The molecule has 1 heterocycles. The molecule has 0 radical (unpaired) electrons. The van der Waals surface area contributed by atoms with Crippen LogP contribution in [0.5, 0.6) is 0 Å². The Hall–Kier alpha value is -3.41. The zero-order valence-electron chi connectivity index (χ0n) is 16.8. The van der Waals surface area contributed by atoms with E-state index in [9.17, 15) is 14.4 Å². The first-order chi connectivity index (χ1) is 13.7. The highest BCUT2D eigenvalue weighted by Crippen LogP contribution is 2.24. The maximum atomic E-state index is 12.9. The summed E-state index contributed by atoms with van der Waals surface area (Å²) in [6.07, 6.45) is 0.836. The van der Waals surface area contributed by atoms with Crippen molar-refractivity contribution in [3.8, 4) is 0 Å². The lowest BCUT2D eigenvalue weighted by atomic mass is 9.99. The Morgan fingerprint density at radius 2 is 1.69 bits per heavy atom. The molecular formula is C23H24N2O4. The van der Waals surface area contributed by atoms with E-state index < -0.39 is 11.7 Å². The molecule has 29 heavy (non-hydrogen) atoms. The molecule has 0 atom stereocenters. The van der Waals surface area contributed by atoms with E-state index in [1.165, 1.54) is 6.08 Å². The fraction of sp³-hybridized carbons (Fsp3) is 0.261. The molecule has 6 nitrogen and oxygen atoms in total. The summed E-state index contributed by atoms with van der Waals surface area (Å²) in [6.45, 7) is 5.80. The lowest BCUT2D eigenvalue weighted by molar-refractivity contribution is -0.131. The van der Waals surface area contributed by atoms with Gasteiger partial charge in [-0.25, -0.2) is 4.79 Å². The Kier molecular flexibility index (Phi) is 5.82. The molecule has 150 valence electrons. The maximum Gasteiger partial charge on any atom is 0.412 e. The topological polar surface area (TPSA) is 75.7 Å². The molecule has 1 N–H and O–H groups in total. The van der Waals surface area contributed by atoms with Crippen molar-refractivity contribution in [2.45, 2.75) is 32.9 Å². The second kappa shape index (κ2) is 8.31. The number of hydrogen-bond acceptors (Lipinski definition) is 4.